The summed E-state index contributed by atoms with van der Waals surface area (Å²) < 4.78 is 27.8. The number of sulfonamides is 1. The number of nitro groups is 1. The zero-order valence-corrected chi connectivity index (χ0v) is 19.9. The molecule has 0 saturated heterocycles. The number of rotatable bonds is 8. The summed E-state index contributed by atoms with van der Waals surface area (Å²) in [6.07, 6.45) is 1.12. The number of nitrogens with zero attached hydrogens (tertiary/aromatic N) is 3. The lowest BCUT2D eigenvalue weighted by atomic mass is 10.2. The Bertz CT molecular complexity index is 1360. The first-order valence-electron chi connectivity index (χ1n) is 10.0. The number of hydrogen-bond acceptors (Lipinski definition) is 6. The molecule has 3 aromatic rings. The van der Waals surface area contributed by atoms with Gasteiger partial charge in [0.2, 0.25) is 0 Å². The number of amides is 1. The zero-order chi connectivity index (χ0) is 24.9. The summed E-state index contributed by atoms with van der Waals surface area (Å²) >= 11 is 6.20. The van der Waals surface area contributed by atoms with E-state index < -0.39 is 27.4 Å². The number of para-hydroxylation sites is 1. The predicted octanol–water partition coefficient (Wildman–Crippen LogP) is 4.21. The molecule has 0 bridgehead atoms. The van der Waals surface area contributed by atoms with Crippen LogP contribution in [0.1, 0.15) is 16.7 Å². The van der Waals surface area contributed by atoms with Crippen LogP contribution in [0.2, 0.25) is 5.02 Å². The van der Waals surface area contributed by atoms with Crippen LogP contribution in [0.25, 0.3) is 0 Å². The maximum absolute atomic E-state index is 13.4. The lowest BCUT2D eigenvalue weighted by Gasteiger charge is -2.25. The van der Waals surface area contributed by atoms with Crippen molar-refractivity contribution in [2.24, 2.45) is 5.10 Å². The third kappa shape index (κ3) is 5.59. The van der Waals surface area contributed by atoms with E-state index in [1.54, 1.807) is 43.3 Å². The number of carbonyl (C=O) groups is 1. The first-order valence-corrected chi connectivity index (χ1v) is 11.8. The number of carbonyl (C=O) groups excluding carboxylic acids is 1. The second-order valence-electron chi connectivity index (χ2n) is 7.32. The van der Waals surface area contributed by atoms with Crippen molar-refractivity contribution in [3.8, 4) is 0 Å². The fourth-order valence-corrected chi connectivity index (χ4v) is 4.75. The van der Waals surface area contributed by atoms with Gasteiger partial charge in [-0.2, -0.15) is 5.10 Å². The highest BCUT2D eigenvalue weighted by atomic mass is 35.5. The quantitative estimate of drug-likeness (QED) is 0.282. The van der Waals surface area contributed by atoms with Crippen molar-refractivity contribution in [3.05, 3.63) is 98.6 Å². The first-order chi connectivity index (χ1) is 16.1. The smallest absolute Gasteiger partial charge is 0.271 e. The molecule has 0 aliphatic heterocycles. The van der Waals surface area contributed by atoms with E-state index in [-0.39, 0.29) is 21.8 Å². The van der Waals surface area contributed by atoms with Crippen LogP contribution in [-0.4, -0.2) is 32.0 Å². The van der Waals surface area contributed by atoms with E-state index in [0.29, 0.717) is 10.6 Å². The summed E-state index contributed by atoms with van der Waals surface area (Å²) in [5, 5.41) is 15.2. The Labute approximate surface area is 201 Å². The molecule has 0 radical (unpaired) electrons. The number of hydrazone groups is 1. The van der Waals surface area contributed by atoms with Gasteiger partial charge >= 0.3 is 0 Å². The van der Waals surface area contributed by atoms with Crippen molar-refractivity contribution in [2.45, 2.75) is 18.7 Å². The van der Waals surface area contributed by atoms with Crippen molar-refractivity contribution >= 4 is 45.1 Å². The van der Waals surface area contributed by atoms with Crippen LogP contribution in [0.15, 0.2) is 76.7 Å². The zero-order valence-electron chi connectivity index (χ0n) is 18.3. The van der Waals surface area contributed by atoms with Crippen molar-refractivity contribution in [1.29, 1.82) is 0 Å². The monoisotopic (exact) mass is 500 g/mol. The number of anilines is 1. The van der Waals surface area contributed by atoms with Gasteiger partial charge in [-0.15, -0.1) is 0 Å². The summed E-state index contributed by atoms with van der Waals surface area (Å²) in [6.45, 7) is 2.89. The number of benzene rings is 3. The second-order valence-corrected chi connectivity index (χ2v) is 9.59. The molecular formula is C23H21ClN4O5S. The molecule has 0 spiro atoms. The number of hydrogen-bond donors (Lipinski definition) is 1. The van der Waals surface area contributed by atoms with Crippen LogP contribution in [-0.2, 0) is 14.8 Å². The molecule has 3 rings (SSSR count). The van der Waals surface area contributed by atoms with E-state index in [0.717, 1.165) is 16.1 Å². The van der Waals surface area contributed by atoms with E-state index in [9.17, 15) is 23.3 Å². The van der Waals surface area contributed by atoms with Crippen LogP contribution in [0.3, 0.4) is 0 Å². The normalized spacial score (nSPS) is 11.4. The van der Waals surface area contributed by atoms with Gasteiger partial charge in [0.1, 0.15) is 6.54 Å². The third-order valence-electron chi connectivity index (χ3n) is 4.93. The van der Waals surface area contributed by atoms with Gasteiger partial charge in [-0.3, -0.25) is 19.2 Å². The molecule has 0 aliphatic rings. The Morgan fingerprint density at radius 2 is 1.76 bits per heavy atom. The molecule has 3 aromatic carbocycles. The number of nitrogens with one attached hydrogen (secondary N) is 1. The summed E-state index contributed by atoms with van der Waals surface area (Å²) in [7, 11) is -4.13. The van der Waals surface area contributed by atoms with E-state index in [1.807, 2.05) is 6.92 Å². The van der Waals surface area contributed by atoms with Crippen molar-refractivity contribution in [2.75, 3.05) is 10.8 Å². The van der Waals surface area contributed by atoms with Gasteiger partial charge in [0.15, 0.2) is 0 Å². The van der Waals surface area contributed by atoms with Crippen LogP contribution in [0.4, 0.5) is 11.4 Å². The maximum Gasteiger partial charge on any atom is 0.278 e. The summed E-state index contributed by atoms with van der Waals surface area (Å²) in [4.78, 5) is 23.2. The van der Waals surface area contributed by atoms with Gasteiger partial charge in [0.05, 0.1) is 27.3 Å². The minimum atomic E-state index is -4.13. The fraction of sp³-hybridized carbons (Fsp3) is 0.130. The van der Waals surface area contributed by atoms with Crippen molar-refractivity contribution < 1.29 is 18.1 Å². The number of aryl methyl sites for hydroxylation is 1. The van der Waals surface area contributed by atoms with E-state index in [1.165, 1.54) is 30.3 Å². The molecule has 34 heavy (non-hydrogen) atoms. The molecule has 0 aliphatic carbocycles. The van der Waals surface area contributed by atoms with Gasteiger partial charge in [-0.1, -0.05) is 47.5 Å². The third-order valence-corrected chi connectivity index (χ3v) is 7.11. The molecule has 9 nitrogen and oxygen atoms in total. The van der Waals surface area contributed by atoms with Crippen LogP contribution < -0.4 is 9.73 Å². The lowest BCUT2D eigenvalue weighted by molar-refractivity contribution is -0.385. The Morgan fingerprint density at radius 1 is 1.09 bits per heavy atom. The molecule has 0 atom stereocenters. The molecular weight excluding hydrogens is 480 g/mol. The Balaban J connectivity index is 1.90. The molecule has 0 saturated carbocycles. The van der Waals surface area contributed by atoms with Crippen LogP contribution in [0, 0.1) is 24.0 Å². The highest BCUT2D eigenvalue weighted by Crippen LogP contribution is 2.30. The van der Waals surface area contributed by atoms with Gasteiger partial charge in [-0.05, 0) is 49.7 Å². The van der Waals surface area contributed by atoms with Crippen LogP contribution in [0.5, 0.6) is 0 Å². The minimum absolute atomic E-state index is 0.00804. The molecule has 176 valence electrons. The van der Waals surface area contributed by atoms with Crippen LogP contribution >= 0.6 is 11.6 Å². The molecule has 1 amide bonds. The molecule has 1 N–H and O–H groups in total. The van der Waals surface area contributed by atoms with Crippen molar-refractivity contribution in [1.82, 2.24) is 5.43 Å². The molecule has 0 fully saturated rings. The Kier molecular flexibility index (Phi) is 7.64. The average Bonchev–Trinajstić information content (AvgIpc) is 2.80. The number of nitro benzene ring substituents is 1. The highest BCUT2D eigenvalue weighted by molar-refractivity contribution is 7.92. The molecule has 11 heteroatoms. The number of halogens is 1. The molecule has 0 heterocycles. The average molecular weight is 501 g/mol. The summed E-state index contributed by atoms with van der Waals surface area (Å²) in [5.74, 6) is -0.745. The highest BCUT2D eigenvalue weighted by Gasteiger charge is 2.28. The molecule has 0 aromatic heterocycles. The Morgan fingerprint density at radius 3 is 2.44 bits per heavy atom. The fourth-order valence-electron chi connectivity index (χ4n) is 3.11. The topological polar surface area (TPSA) is 122 Å². The van der Waals surface area contributed by atoms with E-state index >= 15 is 0 Å². The summed E-state index contributed by atoms with van der Waals surface area (Å²) in [5.41, 5.74) is 3.84. The Hall–Kier alpha value is -3.76. The van der Waals surface area contributed by atoms with Gasteiger partial charge in [0.25, 0.3) is 21.6 Å². The predicted molar refractivity (Wildman–Crippen MR) is 131 cm³/mol. The SMILES string of the molecule is Cc1ccc(S(=O)(=O)N(CC(=O)N/N=C\c2ccccc2[N+](=O)[O-])c2cccc(Cl)c2C)cc1. The van der Waals surface area contributed by atoms with Gasteiger partial charge in [-0.25, -0.2) is 13.8 Å². The standard InChI is InChI=1S/C23H21ClN4O5S/c1-16-10-12-19(13-11-16)34(32,33)27(21-9-5-7-20(24)17(21)2)15-23(29)26-25-14-18-6-3-4-8-22(18)28(30)31/h3-14H,15H2,1-2H3,(H,26,29)/b25-14-. The first kappa shape index (κ1) is 24.9. The van der Waals surface area contributed by atoms with E-state index in [2.05, 4.69) is 10.5 Å². The minimum Gasteiger partial charge on any atom is -0.271 e. The second kappa shape index (κ2) is 10.4. The van der Waals surface area contributed by atoms with Gasteiger partial charge < -0.3 is 0 Å². The summed E-state index contributed by atoms with van der Waals surface area (Å²) in [6, 6.07) is 16.9. The van der Waals surface area contributed by atoms with Gasteiger partial charge in [0, 0.05) is 11.1 Å². The maximum atomic E-state index is 13.4. The molecule has 0 unspecified atom stereocenters. The van der Waals surface area contributed by atoms with E-state index in [4.69, 9.17) is 11.6 Å². The lowest BCUT2D eigenvalue weighted by Crippen LogP contribution is -2.40. The largest absolute Gasteiger partial charge is 0.278 e. The van der Waals surface area contributed by atoms with Crippen molar-refractivity contribution in [3.63, 3.8) is 0 Å².